The van der Waals surface area contributed by atoms with Gasteiger partial charge in [0.1, 0.15) is 12.1 Å². The normalized spacial score (nSPS) is 12.0. The monoisotopic (exact) mass is 296 g/mol. The van der Waals surface area contributed by atoms with Crippen LogP contribution in [0.2, 0.25) is 0 Å². The summed E-state index contributed by atoms with van der Waals surface area (Å²) in [5.41, 5.74) is 7.43. The molecule has 0 saturated carbocycles. The molecular weight excluding hydrogens is 276 g/mol. The Balaban J connectivity index is 0.000000315. The number of nitrogens with two attached hydrogens (primary N) is 1. The lowest BCUT2D eigenvalue weighted by Gasteiger charge is -2.04. The standard InChI is InChI=1S/C11H12N2O2.C3H8O3/c12-9(11(14)15)5-7-6-13-10-4-2-1-3-8(7)10;4-1-3(6)2-5/h1-4,6,9,13H,5,12H2,(H,14,15);3-6H,1-2H2. The summed E-state index contributed by atoms with van der Waals surface area (Å²) in [6.07, 6.45) is 1.21. The topological polar surface area (TPSA) is 140 Å². The van der Waals surface area contributed by atoms with Crippen LogP contribution in [-0.2, 0) is 11.2 Å². The molecule has 0 aliphatic carbocycles. The molecule has 2 aromatic rings. The molecule has 1 heterocycles. The summed E-state index contributed by atoms with van der Waals surface area (Å²) in [7, 11) is 0. The molecular formula is C14H20N2O5. The average Bonchev–Trinajstić information content (AvgIpc) is 2.90. The summed E-state index contributed by atoms with van der Waals surface area (Å²) in [5.74, 6) is -0.972. The molecule has 116 valence electrons. The molecule has 0 amide bonds. The van der Waals surface area contributed by atoms with E-state index < -0.39 is 18.1 Å². The molecule has 7 N–H and O–H groups in total. The third kappa shape index (κ3) is 5.16. The number of aliphatic carboxylic acids is 1. The van der Waals surface area contributed by atoms with E-state index in [1.807, 2.05) is 30.5 Å². The van der Waals surface area contributed by atoms with E-state index in [9.17, 15) is 4.79 Å². The van der Waals surface area contributed by atoms with Crippen LogP contribution in [0, 0.1) is 0 Å². The van der Waals surface area contributed by atoms with Crippen LogP contribution in [-0.4, -0.2) is 56.7 Å². The predicted molar refractivity (Wildman–Crippen MR) is 77.8 cm³/mol. The number of hydrogen-bond donors (Lipinski definition) is 6. The number of fused-ring (bicyclic) bond motifs is 1. The first-order chi connectivity index (χ1) is 9.99. The SMILES string of the molecule is NC(Cc1c[nH]c2ccccc12)C(=O)O.OCC(O)CO. The van der Waals surface area contributed by atoms with E-state index in [4.69, 9.17) is 26.2 Å². The molecule has 0 saturated heterocycles. The Morgan fingerprint density at radius 2 is 1.86 bits per heavy atom. The number of aromatic nitrogens is 1. The number of aliphatic hydroxyl groups excluding tert-OH is 3. The van der Waals surface area contributed by atoms with Crippen LogP contribution >= 0.6 is 0 Å². The number of carboxylic acids is 1. The van der Waals surface area contributed by atoms with Gasteiger partial charge in [0.2, 0.25) is 0 Å². The van der Waals surface area contributed by atoms with E-state index in [0.29, 0.717) is 6.42 Å². The van der Waals surface area contributed by atoms with E-state index in [2.05, 4.69) is 4.98 Å². The second-order valence-electron chi connectivity index (χ2n) is 4.53. The van der Waals surface area contributed by atoms with Crippen molar-refractivity contribution in [1.82, 2.24) is 4.98 Å². The van der Waals surface area contributed by atoms with Crippen LogP contribution < -0.4 is 5.73 Å². The molecule has 0 aliphatic heterocycles. The number of nitrogens with one attached hydrogen (secondary N) is 1. The number of carboxylic acid groups (broad SMARTS) is 1. The van der Waals surface area contributed by atoms with Crippen LogP contribution in [0.3, 0.4) is 0 Å². The zero-order valence-corrected chi connectivity index (χ0v) is 11.4. The predicted octanol–water partition coefficient (Wildman–Crippen LogP) is -0.546. The largest absolute Gasteiger partial charge is 0.480 e. The Kier molecular flexibility index (Phi) is 6.83. The zero-order valence-electron chi connectivity index (χ0n) is 11.4. The number of aliphatic hydroxyl groups is 3. The number of para-hydroxylation sites is 1. The number of rotatable bonds is 5. The number of benzene rings is 1. The van der Waals surface area contributed by atoms with Gasteiger partial charge < -0.3 is 31.1 Å². The zero-order chi connectivity index (χ0) is 15.8. The molecule has 0 spiro atoms. The lowest BCUT2D eigenvalue weighted by atomic mass is 10.1. The molecule has 1 aromatic heterocycles. The van der Waals surface area contributed by atoms with Crippen molar-refractivity contribution in [3.8, 4) is 0 Å². The van der Waals surface area contributed by atoms with E-state index in [-0.39, 0.29) is 13.2 Å². The van der Waals surface area contributed by atoms with Gasteiger partial charge in [-0.15, -0.1) is 0 Å². The highest BCUT2D eigenvalue weighted by Crippen LogP contribution is 2.18. The lowest BCUT2D eigenvalue weighted by Crippen LogP contribution is -2.32. The van der Waals surface area contributed by atoms with Gasteiger partial charge in [-0.3, -0.25) is 4.79 Å². The minimum absolute atomic E-state index is 0.347. The first kappa shape index (κ1) is 17.1. The second kappa shape index (κ2) is 8.38. The Morgan fingerprint density at radius 1 is 1.24 bits per heavy atom. The van der Waals surface area contributed by atoms with E-state index in [1.165, 1.54) is 0 Å². The van der Waals surface area contributed by atoms with Crippen molar-refractivity contribution in [1.29, 1.82) is 0 Å². The Hall–Kier alpha value is -1.93. The molecule has 1 aromatic carbocycles. The van der Waals surface area contributed by atoms with Gasteiger partial charge in [0.05, 0.1) is 13.2 Å². The maximum absolute atomic E-state index is 10.6. The fourth-order valence-electron chi connectivity index (χ4n) is 1.68. The van der Waals surface area contributed by atoms with Gasteiger partial charge in [0.25, 0.3) is 0 Å². The van der Waals surface area contributed by atoms with E-state index in [0.717, 1.165) is 16.5 Å². The molecule has 0 radical (unpaired) electrons. The quantitative estimate of drug-likeness (QED) is 0.437. The maximum Gasteiger partial charge on any atom is 0.320 e. The van der Waals surface area contributed by atoms with Crippen LogP contribution in [0.1, 0.15) is 5.56 Å². The molecule has 7 heteroatoms. The molecule has 0 bridgehead atoms. The van der Waals surface area contributed by atoms with Gasteiger partial charge >= 0.3 is 5.97 Å². The number of hydrogen-bond acceptors (Lipinski definition) is 5. The van der Waals surface area contributed by atoms with Gasteiger partial charge in [-0.2, -0.15) is 0 Å². The molecule has 21 heavy (non-hydrogen) atoms. The summed E-state index contributed by atoms with van der Waals surface area (Å²) >= 11 is 0. The van der Waals surface area contributed by atoms with E-state index >= 15 is 0 Å². The molecule has 0 fully saturated rings. The summed E-state index contributed by atoms with van der Waals surface area (Å²) in [6, 6.07) is 6.91. The van der Waals surface area contributed by atoms with Crippen molar-refractivity contribution in [3.05, 3.63) is 36.0 Å². The smallest absolute Gasteiger partial charge is 0.320 e. The summed E-state index contributed by atoms with van der Waals surface area (Å²) in [4.78, 5) is 13.7. The van der Waals surface area contributed by atoms with Gasteiger partial charge in [-0.1, -0.05) is 18.2 Å². The second-order valence-corrected chi connectivity index (χ2v) is 4.53. The van der Waals surface area contributed by atoms with Crippen molar-refractivity contribution in [2.24, 2.45) is 5.73 Å². The van der Waals surface area contributed by atoms with Crippen LogP contribution in [0.4, 0.5) is 0 Å². The van der Waals surface area contributed by atoms with Crippen LogP contribution in [0.25, 0.3) is 10.9 Å². The fourth-order valence-corrected chi connectivity index (χ4v) is 1.68. The summed E-state index contributed by atoms with van der Waals surface area (Å²) < 4.78 is 0. The Bertz CT molecular complexity index is 565. The minimum Gasteiger partial charge on any atom is -0.480 e. The fraction of sp³-hybridized carbons (Fsp3) is 0.357. The number of H-pyrrole nitrogens is 1. The van der Waals surface area contributed by atoms with Gasteiger partial charge in [-0.25, -0.2) is 0 Å². The summed E-state index contributed by atoms with van der Waals surface area (Å²) in [6.45, 7) is -0.729. The van der Waals surface area contributed by atoms with E-state index in [1.54, 1.807) is 0 Å². The molecule has 1 unspecified atom stereocenters. The highest BCUT2D eigenvalue weighted by Gasteiger charge is 2.14. The van der Waals surface area contributed by atoms with Crippen molar-refractivity contribution in [2.75, 3.05) is 13.2 Å². The maximum atomic E-state index is 10.6. The molecule has 7 nitrogen and oxygen atoms in total. The Morgan fingerprint density at radius 3 is 2.38 bits per heavy atom. The van der Waals surface area contributed by atoms with Crippen LogP contribution in [0.15, 0.2) is 30.5 Å². The molecule has 0 aliphatic rings. The van der Waals surface area contributed by atoms with Gasteiger partial charge in [0.15, 0.2) is 0 Å². The van der Waals surface area contributed by atoms with Gasteiger partial charge in [0, 0.05) is 23.5 Å². The van der Waals surface area contributed by atoms with Gasteiger partial charge in [-0.05, 0) is 11.6 Å². The van der Waals surface area contributed by atoms with Crippen molar-refractivity contribution >= 4 is 16.9 Å². The number of aromatic amines is 1. The number of carbonyl (C=O) groups is 1. The van der Waals surface area contributed by atoms with Crippen molar-refractivity contribution < 1.29 is 25.2 Å². The van der Waals surface area contributed by atoms with Crippen molar-refractivity contribution in [2.45, 2.75) is 18.6 Å². The first-order valence-corrected chi connectivity index (χ1v) is 6.42. The molecule has 1 atom stereocenters. The lowest BCUT2D eigenvalue weighted by molar-refractivity contribution is -0.138. The third-order valence-corrected chi connectivity index (χ3v) is 2.85. The average molecular weight is 296 g/mol. The van der Waals surface area contributed by atoms with Crippen molar-refractivity contribution in [3.63, 3.8) is 0 Å². The van der Waals surface area contributed by atoms with Crippen LogP contribution in [0.5, 0.6) is 0 Å². The minimum atomic E-state index is -0.972. The summed E-state index contributed by atoms with van der Waals surface area (Å²) in [5, 5.41) is 33.8. The molecule has 2 rings (SSSR count). The highest BCUT2D eigenvalue weighted by molar-refractivity contribution is 5.84. The third-order valence-electron chi connectivity index (χ3n) is 2.85. The Labute approximate surface area is 121 Å². The highest BCUT2D eigenvalue weighted by atomic mass is 16.4. The first-order valence-electron chi connectivity index (χ1n) is 6.42.